The van der Waals surface area contributed by atoms with Crippen molar-refractivity contribution >= 4 is 21.6 Å². The number of likely N-dealkylation sites (tertiary alicyclic amines) is 1. The third-order valence-corrected chi connectivity index (χ3v) is 5.52. The molecule has 23 heavy (non-hydrogen) atoms. The molecule has 1 aromatic carbocycles. The summed E-state index contributed by atoms with van der Waals surface area (Å²) in [6, 6.07) is 6.10. The summed E-state index contributed by atoms with van der Waals surface area (Å²) in [5.41, 5.74) is 1.03. The van der Waals surface area contributed by atoms with E-state index in [-0.39, 0.29) is 0 Å². The molecule has 3 aromatic rings. The molecule has 1 atom stereocenters. The van der Waals surface area contributed by atoms with E-state index in [0.717, 1.165) is 30.9 Å². The van der Waals surface area contributed by atoms with Gasteiger partial charge >= 0.3 is 0 Å². The normalized spacial score (nSPS) is 18.8. The Morgan fingerprint density at radius 1 is 1.39 bits per heavy atom. The highest BCUT2D eigenvalue weighted by molar-refractivity contribution is 7.18. The molecule has 0 radical (unpaired) electrons. The smallest absolute Gasteiger partial charge is 0.121 e. The van der Waals surface area contributed by atoms with Crippen molar-refractivity contribution in [3.05, 3.63) is 41.4 Å². The Bertz CT molecular complexity index is 825. The topological polar surface area (TPSA) is 43.2 Å². The number of benzene rings is 1. The van der Waals surface area contributed by atoms with Crippen molar-refractivity contribution in [1.82, 2.24) is 19.4 Å². The average Bonchev–Trinajstić information content (AvgIpc) is 3.25. The van der Waals surface area contributed by atoms with Crippen LogP contribution >= 0.6 is 11.3 Å². The molecule has 1 fully saturated rings. The Kier molecular flexibility index (Phi) is 3.79. The van der Waals surface area contributed by atoms with Gasteiger partial charge in [-0.2, -0.15) is 0 Å². The Balaban J connectivity index is 1.47. The molecule has 120 valence electrons. The number of imidazole rings is 1. The molecular formula is C17H20N4OS. The summed E-state index contributed by atoms with van der Waals surface area (Å²) >= 11 is 1.78. The number of thiazole rings is 1. The number of hydrogen-bond acceptors (Lipinski definition) is 5. The predicted molar refractivity (Wildman–Crippen MR) is 92.0 cm³/mol. The molecule has 0 N–H and O–H groups in total. The Morgan fingerprint density at radius 3 is 3.09 bits per heavy atom. The van der Waals surface area contributed by atoms with E-state index in [1.165, 1.54) is 22.0 Å². The highest BCUT2D eigenvalue weighted by atomic mass is 32.1. The predicted octanol–water partition coefficient (Wildman–Crippen LogP) is 3.03. The minimum Gasteiger partial charge on any atom is -0.497 e. The summed E-state index contributed by atoms with van der Waals surface area (Å²) in [5, 5.41) is 1.17. The molecule has 1 aliphatic heterocycles. The van der Waals surface area contributed by atoms with Gasteiger partial charge in [0.05, 0.1) is 23.9 Å². The van der Waals surface area contributed by atoms with Gasteiger partial charge in [0.15, 0.2) is 0 Å². The van der Waals surface area contributed by atoms with Gasteiger partial charge in [0.25, 0.3) is 0 Å². The van der Waals surface area contributed by atoms with Crippen molar-refractivity contribution in [3.8, 4) is 5.75 Å². The van der Waals surface area contributed by atoms with E-state index in [1.54, 1.807) is 18.4 Å². The first kappa shape index (κ1) is 14.7. The molecule has 4 rings (SSSR count). The van der Waals surface area contributed by atoms with Gasteiger partial charge in [0.2, 0.25) is 0 Å². The molecule has 5 nitrogen and oxygen atoms in total. The average molecular weight is 328 g/mol. The van der Waals surface area contributed by atoms with Crippen LogP contribution in [0.15, 0.2) is 30.6 Å². The van der Waals surface area contributed by atoms with Crippen LogP contribution < -0.4 is 4.74 Å². The quantitative estimate of drug-likeness (QED) is 0.738. The van der Waals surface area contributed by atoms with Crippen LogP contribution in [0.2, 0.25) is 0 Å². The Labute approximate surface area is 139 Å². The van der Waals surface area contributed by atoms with Crippen LogP contribution in [0, 0.1) is 0 Å². The summed E-state index contributed by atoms with van der Waals surface area (Å²) in [4.78, 5) is 11.7. The molecule has 6 heteroatoms. The van der Waals surface area contributed by atoms with E-state index in [2.05, 4.69) is 27.6 Å². The third kappa shape index (κ3) is 2.84. The number of methoxy groups -OCH3 is 1. The van der Waals surface area contributed by atoms with Crippen molar-refractivity contribution < 1.29 is 4.74 Å². The maximum atomic E-state index is 5.28. The molecular weight excluding hydrogens is 308 g/mol. The monoisotopic (exact) mass is 328 g/mol. The van der Waals surface area contributed by atoms with Crippen molar-refractivity contribution in [1.29, 1.82) is 0 Å². The van der Waals surface area contributed by atoms with Crippen LogP contribution in [0.4, 0.5) is 0 Å². The first-order valence-corrected chi connectivity index (χ1v) is 8.67. The van der Waals surface area contributed by atoms with E-state index in [0.29, 0.717) is 5.92 Å². The number of ether oxygens (including phenoxy) is 1. The summed E-state index contributed by atoms with van der Waals surface area (Å²) in [5.74, 6) is 2.59. The van der Waals surface area contributed by atoms with Gasteiger partial charge in [-0.15, -0.1) is 11.3 Å². The third-order valence-electron chi connectivity index (χ3n) is 4.49. The summed E-state index contributed by atoms with van der Waals surface area (Å²) in [6.07, 6.45) is 5.08. The maximum absolute atomic E-state index is 5.28. The maximum Gasteiger partial charge on any atom is 0.121 e. The van der Waals surface area contributed by atoms with Gasteiger partial charge in [-0.1, -0.05) is 0 Å². The minimum atomic E-state index is 0.532. The summed E-state index contributed by atoms with van der Waals surface area (Å²) < 4.78 is 8.64. The van der Waals surface area contributed by atoms with Gasteiger partial charge in [-0.25, -0.2) is 9.97 Å². The largest absolute Gasteiger partial charge is 0.497 e. The highest BCUT2D eigenvalue weighted by Crippen LogP contribution is 2.30. The molecule has 0 saturated carbocycles. The van der Waals surface area contributed by atoms with Crippen molar-refractivity contribution in [2.24, 2.45) is 7.05 Å². The Morgan fingerprint density at radius 2 is 2.30 bits per heavy atom. The zero-order chi connectivity index (χ0) is 15.8. The number of nitrogens with zero attached hydrogens (tertiary/aromatic N) is 4. The van der Waals surface area contributed by atoms with Crippen LogP contribution in [-0.2, 0) is 13.6 Å². The van der Waals surface area contributed by atoms with E-state index in [4.69, 9.17) is 9.72 Å². The molecule has 2 aromatic heterocycles. The van der Waals surface area contributed by atoms with Crippen molar-refractivity contribution in [3.63, 3.8) is 0 Å². The van der Waals surface area contributed by atoms with E-state index < -0.39 is 0 Å². The zero-order valence-electron chi connectivity index (χ0n) is 13.4. The van der Waals surface area contributed by atoms with Crippen LogP contribution in [0.3, 0.4) is 0 Å². The lowest BCUT2D eigenvalue weighted by Crippen LogP contribution is -2.20. The molecule has 0 aliphatic carbocycles. The van der Waals surface area contributed by atoms with Gasteiger partial charge in [-0.3, -0.25) is 4.90 Å². The number of hydrogen-bond donors (Lipinski definition) is 0. The number of fused-ring (bicyclic) bond motifs is 1. The van der Waals surface area contributed by atoms with Gasteiger partial charge in [0, 0.05) is 38.0 Å². The van der Waals surface area contributed by atoms with E-state index in [9.17, 15) is 0 Å². The first-order valence-electron chi connectivity index (χ1n) is 7.86. The van der Waals surface area contributed by atoms with Crippen LogP contribution in [0.25, 0.3) is 10.2 Å². The fourth-order valence-electron chi connectivity index (χ4n) is 3.30. The second-order valence-corrected chi connectivity index (χ2v) is 7.17. The number of rotatable bonds is 4. The van der Waals surface area contributed by atoms with Crippen LogP contribution in [0.5, 0.6) is 5.75 Å². The number of aromatic nitrogens is 3. The summed E-state index contributed by atoms with van der Waals surface area (Å²) in [6.45, 7) is 3.09. The van der Waals surface area contributed by atoms with Crippen molar-refractivity contribution in [2.75, 3.05) is 20.2 Å². The lowest BCUT2D eigenvalue weighted by Gasteiger charge is -2.14. The second-order valence-electron chi connectivity index (χ2n) is 6.06. The van der Waals surface area contributed by atoms with Crippen molar-refractivity contribution in [2.45, 2.75) is 18.9 Å². The van der Waals surface area contributed by atoms with Crippen LogP contribution in [0.1, 0.15) is 23.2 Å². The van der Waals surface area contributed by atoms with E-state index in [1.807, 2.05) is 24.5 Å². The molecule has 0 spiro atoms. The molecule has 1 saturated heterocycles. The van der Waals surface area contributed by atoms with E-state index >= 15 is 0 Å². The second kappa shape index (κ2) is 5.94. The number of aryl methyl sites for hydroxylation is 1. The van der Waals surface area contributed by atoms with Gasteiger partial charge in [0.1, 0.15) is 16.6 Å². The summed E-state index contributed by atoms with van der Waals surface area (Å²) in [7, 11) is 3.77. The highest BCUT2D eigenvalue weighted by Gasteiger charge is 2.27. The van der Waals surface area contributed by atoms with Gasteiger partial charge in [-0.05, 0) is 25.1 Å². The molecule has 0 amide bonds. The van der Waals surface area contributed by atoms with Gasteiger partial charge < -0.3 is 9.30 Å². The first-order chi connectivity index (χ1) is 11.2. The lowest BCUT2D eigenvalue weighted by molar-refractivity contribution is 0.325. The Hall–Kier alpha value is -1.92. The zero-order valence-corrected chi connectivity index (χ0v) is 14.2. The SMILES string of the molecule is COc1ccc2sc(CN3CCC(c4nccn4C)C3)nc2c1. The fourth-order valence-corrected chi connectivity index (χ4v) is 4.29. The molecule has 1 aliphatic rings. The fraction of sp³-hybridized carbons (Fsp3) is 0.412. The van der Waals surface area contributed by atoms with Crippen LogP contribution in [-0.4, -0.2) is 39.6 Å². The standard InChI is InChI=1S/C17H20N4OS/c1-20-8-6-18-17(20)12-5-7-21(10-12)11-16-19-14-9-13(22-2)3-4-15(14)23-16/h3-4,6,8-9,12H,5,7,10-11H2,1-2H3. The molecule has 3 heterocycles. The lowest BCUT2D eigenvalue weighted by atomic mass is 10.1. The molecule has 1 unspecified atom stereocenters. The molecule has 0 bridgehead atoms. The minimum absolute atomic E-state index is 0.532.